The fourth-order valence-corrected chi connectivity index (χ4v) is 3.69. The van der Waals surface area contributed by atoms with Gasteiger partial charge in [-0.15, -0.1) is 0 Å². The molecule has 0 aromatic heterocycles. The van der Waals surface area contributed by atoms with Crippen molar-refractivity contribution in [1.29, 1.82) is 0 Å². The van der Waals surface area contributed by atoms with E-state index in [9.17, 15) is 4.79 Å². The van der Waals surface area contributed by atoms with Crippen molar-refractivity contribution in [2.24, 2.45) is 5.92 Å². The topological polar surface area (TPSA) is 32.3 Å². The van der Waals surface area contributed by atoms with Crippen molar-refractivity contribution in [1.82, 2.24) is 10.2 Å². The van der Waals surface area contributed by atoms with Crippen LogP contribution in [-0.2, 0) is 11.3 Å². The normalized spacial score (nSPS) is 17.2. The lowest BCUT2D eigenvalue weighted by molar-refractivity contribution is -0.126. The third-order valence-electron chi connectivity index (χ3n) is 4.14. The molecule has 0 radical (unpaired) electrons. The van der Waals surface area contributed by atoms with Crippen LogP contribution in [-0.4, -0.2) is 40.9 Å². The summed E-state index contributed by atoms with van der Waals surface area (Å²) in [6, 6.07) is 10.6. The van der Waals surface area contributed by atoms with E-state index in [-0.39, 0.29) is 16.6 Å². The predicted molar refractivity (Wildman–Crippen MR) is 99.7 cm³/mol. The van der Waals surface area contributed by atoms with Gasteiger partial charge in [0.05, 0.1) is 0 Å². The van der Waals surface area contributed by atoms with E-state index in [4.69, 9.17) is 0 Å². The average Bonchev–Trinajstić information content (AvgIpc) is 2.52. The first-order valence-electron chi connectivity index (χ1n) is 8.62. The largest absolute Gasteiger partial charge is 0.355 e. The third-order valence-corrected chi connectivity index (χ3v) is 5.42. The number of carbonyl (C=O) groups is 1. The minimum absolute atomic E-state index is 0.196. The lowest BCUT2D eigenvalue weighted by Gasteiger charge is -2.31. The van der Waals surface area contributed by atoms with E-state index in [1.54, 1.807) is 0 Å². The van der Waals surface area contributed by atoms with Crippen LogP contribution in [0.25, 0.3) is 0 Å². The van der Waals surface area contributed by atoms with Gasteiger partial charge in [0.25, 0.3) is 0 Å². The molecule has 23 heavy (non-hydrogen) atoms. The zero-order valence-electron chi connectivity index (χ0n) is 14.7. The molecule has 3 nitrogen and oxygen atoms in total. The monoisotopic (exact) mass is 334 g/mol. The molecule has 1 amide bonds. The zero-order chi connectivity index (χ0) is 16.7. The Morgan fingerprint density at radius 3 is 2.48 bits per heavy atom. The molecule has 2 rings (SSSR count). The molecular weight excluding hydrogens is 304 g/mol. The maximum atomic E-state index is 12.2. The minimum atomic E-state index is 0.196. The first-order valence-corrected chi connectivity index (χ1v) is 9.60. The molecule has 0 spiro atoms. The Bertz CT molecular complexity index is 476. The molecule has 1 aromatic rings. The van der Waals surface area contributed by atoms with Crippen LogP contribution >= 0.6 is 11.8 Å². The van der Waals surface area contributed by atoms with Crippen LogP contribution in [0.4, 0.5) is 0 Å². The van der Waals surface area contributed by atoms with Gasteiger partial charge in [-0.1, -0.05) is 51.1 Å². The molecule has 1 N–H and O–H groups in total. The van der Waals surface area contributed by atoms with Gasteiger partial charge < -0.3 is 5.32 Å². The summed E-state index contributed by atoms with van der Waals surface area (Å²) in [4.78, 5) is 14.7. The second kappa shape index (κ2) is 8.74. The second-order valence-corrected chi connectivity index (χ2v) is 9.21. The van der Waals surface area contributed by atoms with E-state index < -0.39 is 0 Å². The van der Waals surface area contributed by atoms with Gasteiger partial charge in [-0.2, -0.15) is 11.8 Å². The molecule has 0 atom stereocenters. The van der Waals surface area contributed by atoms with Crippen molar-refractivity contribution in [3.05, 3.63) is 35.9 Å². The molecule has 1 aliphatic heterocycles. The molecule has 1 heterocycles. The zero-order valence-corrected chi connectivity index (χ0v) is 15.5. The van der Waals surface area contributed by atoms with Gasteiger partial charge in [0.1, 0.15) is 0 Å². The van der Waals surface area contributed by atoms with Gasteiger partial charge >= 0.3 is 0 Å². The SMILES string of the molecule is CC(C)(C)SCCNC(=O)C1CCN(Cc2ccccc2)CC1. The maximum Gasteiger partial charge on any atom is 0.223 e. The first-order chi connectivity index (χ1) is 10.9. The van der Waals surface area contributed by atoms with Gasteiger partial charge in [-0.05, 0) is 31.5 Å². The van der Waals surface area contributed by atoms with Gasteiger partial charge in [0.15, 0.2) is 0 Å². The molecule has 1 aromatic carbocycles. The van der Waals surface area contributed by atoms with Crippen molar-refractivity contribution in [2.75, 3.05) is 25.4 Å². The van der Waals surface area contributed by atoms with E-state index in [0.717, 1.165) is 44.8 Å². The third kappa shape index (κ3) is 6.96. The number of nitrogens with zero attached hydrogens (tertiary/aromatic N) is 1. The van der Waals surface area contributed by atoms with Gasteiger partial charge in [0, 0.05) is 29.5 Å². The summed E-state index contributed by atoms with van der Waals surface area (Å²) in [5.74, 6) is 1.43. The molecule has 0 bridgehead atoms. The van der Waals surface area contributed by atoms with Crippen LogP contribution in [0, 0.1) is 5.92 Å². The highest BCUT2D eigenvalue weighted by atomic mass is 32.2. The Hall–Kier alpha value is -1.00. The van der Waals surface area contributed by atoms with Crippen LogP contribution in [0.5, 0.6) is 0 Å². The van der Waals surface area contributed by atoms with E-state index in [1.807, 2.05) is 11.8 Å². The Morgan fingerprint density at radius 2 is 1.87 bits per heavy atom. The molecule has 4 heteroatoms. The summed E-state index contributed by atoms with van der Waals surface area (Å²) in [7, 11) is 0. The number of amides is 1. The van der Waals surface area contributed by atoms with Crippen LogP contribution in [0.15, 0.2) is 30.3 Å². The van der Waals surface area contributed by atoms with Crippen molar-refractivity contribution < 1.29 is 4.79 Å². The molecule has 1 fully saturated rings. The van der Waals surface area contributed by atoms with Gasteiger partial charge in [0.2, 0.25) is 5.91 Å². The lowest BCUT2D eigenvalue weighted by atomic mass is 9.95. The summed E-state index contributed by atoms with van der Waals surface area (Å²) in [6.07, 6.45) is 1.95. The van der Waals surface area contributed by atoms with Crippen LogP contribution in [0.2, 0.25) is 0 Å². The minimum Gasteiger partial charge on any atom is -0.355 e. The summed E-state index contributed by atoms with van der Waals surface area (Å²) >= 11 is 1.90. The summed E-state index contributed by atoms with van der Waals surface area (Å²) in [5.41, 5.74) is 1.36. The highest BCUT2D eigenvalue weighted by Gasteiger charge is 2.24. The smallest absolute Gasteiger partial charge is 0.223 e. The molecular formula is C19H30N2OS. The number of likely N-dealkylation sites (tertiary alicyclic amines) is 1. The Morgan fingerprint density at radius 1 is 1.22 bits per heavy atom. The molecule has 1 saturated heterocycles. The predicted octanol–water partition coefficient (Wildman–Crippen LogP) is 3.55. The van der Waals surface area contributed by atoms with Crippen molar-refractivity contribution >= 4 is 17.7 Å². The number of piperidine rings is 1. The fraction of sp³-hybridized carbons (Fsp3) is 0.632. The van der Waals surface area contributed by atoms with Crippen LogP contribution in [0.3, 0.4) is 0 Å². The molecule has 0 unspecified atom stereocenters. The van der Waals surface area contributed by atoms with Crippen molar-refractivity contribution in [3.8, 4) is 0 Å². The van der Waals surface area contributed by atoms with Crippen molar-refractivity contribution in [2.45, 2.75) is 44.9 Å². The fourth-order valence-electron chi connectivity index (χ4n) is 2.87. The second-order valence-electron chi connectivity index (χ2n) is 7.29. The molecule has 128 valence electrons. The molecule has 0 saturated carbocycles. The summed E-state index contributed by atoms with van der Waals surface area (Å²) in [6.45, 7) is 10.4. The number of nitrogens with one attached hydrogen (secondary N) is 1. The van der Waals surface area contributed by atoms with Crippen LogP contribution in [0.1, 0.15) is 39.2 Å². The first kappa shape index (κ1) is 18.3. The standard InChI is InChI=1S/C19H30N2OS/c1-19(2,3)23-14-11-20-18(22)17-9-12-21(13-10-17)15-16-7-5-4-6-8-16/h4-8,17H,9-15H2,1-3H3,(H,20,22). The summed E-state index contributed by atoms with van der Waals surface area (Å²) in [5, 5.41) is 3.11. The van der Waals surface area contributed by atoms with E-state index in [0.29, 0.717) is 0 Å². The highest BCUT2D eigenvalue weighted by molar-refractivity contribution is 8.00. The van der Waals surface area contributed by atoms with E-state index >= 15 is 0 Å². The molecule has 1 aliphatic rings. The van der Waals surface area contributed by atoms with Gasteiger partial charge in [-0.25, -0.2) is 0 Å². The number of benzene rings is 1. The van der Waals surface area contributed by atoms with Gasteiger partial charge in [-0.3, -0.25) is 9.69 Å². The number of thioether (sulfide) groups is 1. The number of hydrogen-bond acceptors (Lipinski definition) is 3. The Kier molecular flexibility index (Phi) is 6.97. The van der Waals surface area contributed by atoms with Crippen molar-refractivity contribution in [3.63, 3.8) is 0 Å². The quantitative estimate of drug-likeness (QED) is 0.808. The van der Waals surface area contributed by atoms with E-state index in [1.165, 1.54) is 5.56 Å². The number of rotatable bonds is 6. The lowest BCUT2D eigenvalue weighted by Crippen LogP contribution is -2.40. The number of carbonyl (C=O) groups excluding carboxylic acids is 1. The van der Waals surface area contributed by atoms with E-state index in [2.05, 4.69) is 61.3 Å². The summed E-state index contributed by atoms with van der Waals surface area (Å²) < 4.78 is 0.271. The maximum absolute atomic E-state index is 12.2. The van der Waals surface area contributed by atoms with Crippen LogP contribution < -0.4 is 5.32 Å². The Balaban J connectivity index is 1.64. The molecule has 0 aliphatic carbocycles. The highest BCUT2D eigenvalue weighted by Crippen LogP contribution is 2.22. The number of hydrogen-bond donors (Lipinski definition) is 1. The average molecular weight is 335 g/mol. The Labute approximate surface area is 145 Å².